The summed E-state index contributed by atoms with van der Waals surface area (Å²) in [5.74, 6) is -1.09. The molecule has 1 saturated heterocycles. The second kappa shape index (κ2) is 10.4. The van der Waals surface area contributed by atoms with E-state index in [0.29, 0.717) is 29.9 Å². The van der Waals surface area contributed by atoms with Gasteiger partial charge in [-0.15, -0.1) is 0 Å². The fraction of sp³-hybridized carbons (Fsp3) is 0.154. The molecule has 0 spiro atoms. The van der Waals surface area contributed by atoms with Crippen LogP contribution in [0, 0.1) is 5.92 Å². The largest absolute Gasteiger partial charge is 0.348 e. The van der Waals surface area contributed by atoms with Crippen molar-refractivity contribution in [1.82, 2.24) is 10.6 Å². The van der Waals surface area contributed by atoms with Gasteiger partial charge in [0, 0.05) is 29.9 Å². The Morgan fingerprint density at radius 3 is 2.24 bits per heavy atom. The fourth-order valence-electron chi connectivity index (χ4n) is 3.71. The van der Waals surface area contributed by atoms with Crippen molar-refractivity contribution in [3.05, 3.63) is 95.6 Å². The van der Waals surface area contributed by atoms with E-state index in [9.17, 15) is 19.2 Å². The molecular weight excluding hydrogens is 432 g/mol. The van der Waals surface area contributed by atoms with Crippen LogP contribution in [0.15, 0.2) is 78.9 Å². The number of urea groups is 1. The molecule has 0 bridgehead atoms. The third kappa shape index (κ3) is 6.07. The summed E-state index contributed by atoms with van der Waals surface area (Å²) in [7, 11) is 0. The minimum Gasteiger partial charge on any atom is -0.348 e. The zero-order chi connectivity index (χ0) is 23.9. The van der Waals surface area contributed by atoms with Gasteiger partial charge in [0.15, 0.2) is 0 Å². The van der Waals surface area contributed by atoms with Gasteiger partial charge >= 0.3 is 6.03 Å². The summed E-state index contributed by atoms with van der Waals surface area (Å²) in [5, 5.41) is 10.7. The second-order valence-electron chi connectivity index (χ2n) is 8.04. The summed E-state index contributed by atoms with van der Waals surface area (Å²) in [6.07, 6.45) is 0.653. The summed E-state index contributed by atoms with van der Waals surface area (Å²) in [6.45, 7) is 0.292. The predicted octanol–water partition coefficient (Wildman–Crippen LogP) is 3.47. The van der Waals surface area contributed by atoms with Crippen LogP contribution in [-0.2, 0) is 22.6 Å². The predicted molar refractivity (Wildman–Crippen MR) is 128 cm³/mol. The van der Waals surface area contributed by atoms with Crippen molar-refractivity contribution in [3.63, 3.8) is 0 Å². The van der Waals surface area contributed by atoms with Crippen LogP contribution in [-0.4, -0.2) is 23.8 Å². The van der Waals surface area contributed by atoms with Gasteiger partial charge in [-0.2, -0.15) is 0 Å². The Morgan fingerprint density at radius 2 is 1.53 bits per heavy atom. The summed E-state index contributed by atoms with van der Waals surface area (Å²) in [4.78, 5) is 47.8. The van der Waals surface area contributed by atoms with Crippen LogP contribution < -0.4 is 21.3 Å². The Hall–Kier alpha value is -4.46. The van der Waals surface area contributed by atoms with E-state index >= 15 is 0 Å². The first-order valence-corrected chi connectivity index (χ1v) is 10.9. The number of hydrogen-bond donors (Lipinski definition) is 4. The zero-order valence-electron chi connectivity index (χ0n) is 18.3. The summed E-state index contributed by atoms with van der Waals surface area (Å²) in [6, 6.07) is 23.0. The van der Waals surface area contributed by atoms with Crippen LogP contribution in [0.1, 0.15) is 27.9 Å². The molecule has 1 heterocycles. The minimum absolute atomic E-state index is 0.197. The molecule has 3 aromatic rings. The molecular formula is C26H24N4O4. The molecule has 1 aliphatic heterocycles. The molecule has 8 nitrogen and oxygen atoms in total. The van der Waals surface area contributed by atoms with Crippen LogP contribution in [0.3, 0.4) is 0 Å². The van der Waals surface area contributed by atoms with Crippen LogP contribution in [0.4, 0.5) is 16.2 Å². The maximum absolute atomic E-state index is 12.5. The average Bonchev–Trinajstić information content (AvgIpc) is 3.15. The number of nitrogens with one attached hydrogen (secondary N) is 4. The lowest BCUT2D eigenvalue weighted by atomic mass is 9.97. The molecule has 1 aliphatic rings. The van der Waals surface area contributed by atoms with E-state index in [4.69, 9.17) is 0 Å². The first-order chi connectivity index (χ1) is 16.5. The average molecular weight is 457 g/mol. The van der Waals surface area contributed by atoms with Gasteiger partial charge in [-0.3, -0.25) is 19.7 Å². The van der Waals surface area contributed by atoms with Gasteiger partial charge in [-0.05, 0) is 53.9 Å². The van der Waals surface area contributed by atoms with E-state index in [-0.39, 0.29) is 36.1 Å². The highest BCUT2D eigenvalue weighted by molar-refractivity contribution is 6.03. The van der Waals surface area contributed by atoms with E-state index in [1.54, 1.807) is 54.6 Å². The van der Waals surface area contributed by atoms with Crippen LogP contribution >= 0.6 is 0 Å². The molecule has 4 N–H and O–H groups in total. The van der Waals surface area contributed by atoms with Crippen molar-refractivity contribution >= 4 is 35.1 Å². The molecule has 34 heavy (non-hydrogen) atoms. The summed E-state index contributed by atoms with van der Waals surface area (Å²) in [5.41, 5.74) is 3.51. The molecule has 0 radical (unpaired) electrons. The topological polar surface area (TPSA) is 116 Å². The Morgan fingerprint density at radius 1 is 0.824 bits per heavy atom. The molecule has 4 rings (SSSR count). The number of carbonyl (C=O) groups excluding carboxylic acids is 4. The summed E-state index contributed by atoms with van der Waals surface area (Å²) < 4.78 is 0. The molecule has 3 aromatic carbocycles. The van der Waals surface area contributed by atoms with Crippen LogP contribution in [0.25, 0.3) is 0 Å². The molecule has 0 saturated carbocycles. The van der Waals surface area contributed by atoms with Gasteiger partial charge in [-0.25, -0.2) is 4.79 Å². The maximum atomic E-state index is 12.5. The SMILES string of the molecule is O=C1CC(Cc2ccc(C(=O)NCc3cccc(NC(=O)Nc4ccccc4)c3)cc2)C(=O)N1. The molecule has 8 heteroatoms. The van der Waals surface area contributed by atoms with E-state index in [1.807, 2.05) is 24.3 Å². The molecule has 0 aromatic heterocycles. The van der Waals surface area contributed by atoms with Gasteiger partial charge in [0.2, 0.25) is 11.8 Å². The van der Waals surface area contributed by atoms with Crippen molar-refractivity contribution in [2.75, 3.05) is 10.6 Å². The van der Waals surface area contributed by atoms with Crippen molar-refractivity contribution in [3.8, 4) is 0 Å². The third-order valence-corrected chi connectivity index (χ3v) is 5.43. The first kappa shape index (κ1) is 22.7. The second-order valence-corrected chi connectivity index (χ2v) is 8.04. The van der Waals surface area contributed by atoms with Crippen molar-refractivity contribution in [2.45, 2.75) is 19.4 Å². The van der Waals surface area contributed by atoms with Gasteiger partial charge in [0.25, 0.3) is 5.91 Å². The molecule has 172 valence electrons. The number of imide groups is 1. The first-order valence-electron chi connectivity index (χ1n) is 10.9. The molecule has 5 amide bonds. The molecule has 1 unspecified atom stereocenters. The number of anilines is 2. The normalized spacial score (nSPS) is 14.9. The van der Waals surface area contributed by atoms with E-state index in [1.165, 1.54) is 0 Å². The fourth-order valence-corrected chi connectivity index (χ4v) is 3.71. The number of rotatable bonds is 7. The zero-order valence-corrected chi connectivity index (χ0v) is 18.3. The highest BCUT2D eigenvalue weighted by atomic mass is 16.2. The van der Waals surface area contributed by atoms with Crippen molar-refractivity contribution in [1.29, 1.82) is 0 Å². The Balaban J connectivity index is 1.28. The van der Waals surface area contributed by atoms with Gasteiger partial charge in [0.05, 0.1) is 5.92 Å². The monoisotopic (exact) mass is 456 g/mol. The van der Waals surface area contributed by atoms with E-state index in [2.05, 4.69) is 21.3 Å². The van der Waals surface area contributed by atoms with Crippen LogP contribution in [0.2, 0.25) is 0 Å². The number of para-hydroxylation sites is 1. The smallest absolute Gasteiger partial charge is 0.323 e. The Kier molecular flexibility index (Phi) is 6.98. The lowest BCUT2D eigenvalue weighted by Crippen LogP contribution is -2.23. The number of amides is 5. The number of hydrogen-bond acceptors (Lipinski definition) is 4. The minimum atomic E-state index is -0.358. The lowest BCUT2D eigenvalue weighted by Gasteiger charge is -2.10. The Bertz CT molecular complexity index is 1210. The molecule has 0 aliphatic carbocycles. The van der Waals surface area contributed by atoms with Gasteiger partial charge < -0.3 is 16.0 Å². The summed E-state index contributed by atoms with van der Waals surface area (Å²) >= 11 is 0. The number of carbonyl (C=O) groups is 4. The Labute approximate surface area is 196 Å². The van der Waals surface area contributed by atoms with Crippen LogP contribution in [0.5, 0.6) is 0 Å². The van der Waals surface area contributed by atoms with E-state index in [0.717, 1.165) is 11.1 Å². The van der Waals surface area contributed by atoms with Gasteiger partial charge in [-0.1, -0.05) is 42.5 Å². The third-order valence-electron chi connectivity index (χ3n) is 5.43. The quantitative estimate of drug-likeness (QED) is 0.407. The maximum Gasteiger partial charge on any atom is 0.323 e. The molecule has 1 atom stereocenters. The van der Waals surface area contributed by atoms with Crippen molar-refractivity contribution in [2.24, 2.45) is 5.92 Å². The number of benzene rings is 3. The van der Waals surface area contributed by atoms with Crippen molar-refractivity contribution < 1.29 is 19.2 Å². The highest BCUT2D eigenvalue weighted by Crippen LogP contribution is 2.18. The standard InChI is InChI=1S/C26H24N4O4/c31-23-15-20(25(33)30-23)13-17-9-11-19(12-10-17)24(32)27-16-18-5-4-8-22(14-18)29-26(34)28-21-6-2-1-3-7-21/h1-12,14,20H,13,15-16H2,(H,27,32)(H2,28,29,34)(H,30,31,33). The lowest BCUT2D eigenvalue weighted by molar-refractivity contribution is -0.125. The van der Waals surface area contributed by atoms with E-state index < -0.39 is 0 Å². The highest BCUT2D eigenvalue weighted by Gasteiger charge is 2.30. The van der Waals surface area contributed by atoms with Gasteiger partial charge in [0.1, 0.15) is 0 Å². The molecule has 1 fully saturated rings.